The van der Waals surface area contributed by atoms with Gasteiger partial charge in [-0.3, -0.25) is 4.79 Å². The summed E-state index contributed by atoms with van der Waals surface area (Å²) >= 11 is 6.02. The van der Waals surface area contributed by atoms with Crippen LogP contribution < -0.4 is 4.74 Å². The van der Waals surface area contributed by atoms with E-state index in [1.807, 2.05) is 30.3 Å². The van der Waals surface area contributed by atoms with Crippen molar-refractivity contribution in [3.63, 3.8) is 0 Å². The highest BCUT2D eigenvalue weighted by molar-refractivity contribution is 6.31. The molecule has 4 rings (SSSR count). The van der Waals surface area contributed by atoms with Crippen molar-refractivity contribution < 1.29 is 9.53 Å². The average molecular weight is 328 g/mol. The molecule has 0 aliphatic carbocycles. The predicted octanol–water partition coefficient (Wildman–Crippen LogP) is 3.12. The monoisotopic (exact) mass is 327 g/mol. The second-order valence-corrected chi connectivity index (χ2v) is 5.92. The van der Waals surface area contributed by atoms with Crippen molar-refractivity contribution >= 4 is 28.4 Å². The molecule has 0 atom stereocenters. The van der Waals surface area contributed by atoms with E-state index >= 15 is 0 Å². The number of rotatable bonds is 3. The number of benzene rings is 1. The summed E-state index contributed by atoms with van der Waals surface area (Å²) in [5.74, 6) is 0.394. The number of halogens is 1. The van der Waals surface area contributed by atoms with Crippen molar-refractivity contribution in [2.24, 2.45) is 0 Å². The normalized spacial score (nSPS) is 14.7. The molecule has 1 fully saturated rings. The number of carbonyl (C=O) groups is 1. The molecule has 0 spiro atoms. The van der Waals surface area contributed by atoms with Crippen LogP contribution in [0.2, 0.25) is 5.02 Å². The number of H-pyrrole nitrogens is 1. The summed E-state index contributed by atoms with van der Waals surface area (Å²) in [5.41, 5.74) is 1.56. The van der Waals surface area contributed by atoms with E-state index in [1.54, 1.807) is 23.2 Å². The van der Waals surface area contributed by atoms with Crippen molar-refractivity contribution in [1.29, 1.82) is 0 Å². The quantitative estimate of drug-likeness (QED) is 0.804. The smallest absolute Gasteiger partial charge is 0.270 e. The van der Waals surface area contributed by atoms with Gasteiger partial charge >= 0.3 is 0 Å². The van der Waals surface area contributed by atoms with E-state index in [-0.39, 0.29) is 12.0 Å². The molecule has 5 nitrogen and oxygen atoms in total. The Kier molecular flexibility index (Phi) is 3.42. The van der Waals surface area contributed by atoms with E-state index < -0.39 is 0 Å². The lowest BCUT2D eigenvalue weighted by atomic mass is 10.1. The summed E-state index contributed by atoms with van der Waals surface area (Å²) in [4.78, 5) is 21.4. The van der Waals surface area contributed by atoms with Gasteiger partial charge in [-0.15, -0.1) is 0 Å². The maximum atomic E-state index is 12.5. The minimum atomic E-state index is -0.0734. The van der Waals surface area contributed by atoms with Gasteiger partial charge in [-0.05, 0) is 24.3 Å². The standard InChI is InChI=1S/C17H14ClN3O2/c18-13-5-3-7-19-16(13)23-12-9-21(10-12)17(22)15-8-11-4-1-2-6-14(11)20-15/h1-8,12,20H,9-10H2. The number of likely N-dealkylation sites (tertiary alicyclic amines) is 1. The minimum absolute atomic E-state index is 0.0202. The van der Waals surface area contributed by atoms with E-state index in [0.29, 0.717) is 29.7 Å². The maximum absolute atomic E-state index is 12.5. The number of hydrogen-bond donors (Lipinski definition) is 1. The third kappa shape index (κ3) is 2.64. The molecule has 0 bridgehead atoms. The molecule has 1 amide bonds. The summed E-state index contributed by atoms with van der Waals surface area (Å²) in [7, 11) is 0. The van der Waals surface area contributed by atoms with Gasteiger partial charge < -0.3 is 14.6 Å². The number of aromatic amines is 1. The summed E-state index contributed by atoms with van der Waals surface area (Å²) < 4.78 is 5.71. The Labute approximate surface area is 137 Å². The molecule has 0 unspecified atom stereocenters. The number of nitrogens with one attached hydrogen (secondary N) is 1. The van der Waals surface area contributed by atoms with E-state index in [4.69, 9.17) is 16.3 Å². The van der Waals surface area contributed by atoms with Crippen molar-refractivity contribution in [3.05, 3.63) is 59.4 Å². The number of carbonyl (C=O) groups excluding carboxylic acids is 1. The van der Waals surface area contributed by atoms with Crippen molar-refractivity contribution in [1.82, 2.24) is 14.9 Å². The highest BCUT2D eigenvalue weighted by Gasteiger charge is 2.34. The molecule has 2 aromatic heterocycles. The number of para-hydroxylation sites is 1. The molecule has 6 heteroatoms. The number of aromatic nitrogens is 2. The second kappa shape index (κ2) is 5.59. The third-order valence-electron chi connectivity index (χ3n) is 3.90. The first kappa shape index (κ1) is 14.1. The van der Waals surface area contributed by atoms with Gasteiger partial charge in [0, 0.05) is 17.1 Å². The van der Waals surface area contributed by atoms with Crippen LogP contribution in [0.5, 0.6) is 5.88 Å². The fourth-order valence-electron chi connectivity index (χ4n) is 2.65. The molecule has 116 valence electrons. The average Bonchev–Trinajstić information content (AvgIpc) is 2.95. The topological polar surface area (TPSA) is 58.2 Å². The molecule has 1 aliphatic heterocycles. The van der Waals surface area contributed by atoms with Crippen LogP contribution in [-0.2, 0) is 0 Å². The van der Waals surface area contributed by atoms with E-state index in [1.165, 1.54) is 0 Å². The number of hydrogen-bond acceptors (Lipinski definition) is 3. The van der Waals surface area contributed by atoms with Gasteiger partial charge in [0.25, 0.3) is 5.91 Å². The maximum Gasteiger partial charge on any atom is 0.270 e. The fourth-order valence-corrected chi connectivity index (χ4v) is 2.82. The zero-order valence-electron chi connectivity index (χ0n) is 12.2. The Morgan fingerprint density at radius 2 is 2.09 bits per heavy atom. The van der Waals surface area contributed by atoms with Crippen LogP contribution in [0.3, 0.4) is 0 Å². The Morgan fingerprint density at radius 1 is 1.26 bits per heavy atom. The SMILES string of the molecule is O=C(c1cc2ccccc2[nH]1)N1CC(Oc2ncccc2Cl)C1. The highest BCUT2D eigenvalue weighted by Crippen LogP contribution is 2.25. The molecule has 3 heterocycles. The lowest BCUT2D eigenvalue weighted by Gasteiger charge is -2.38. The molecule has 23 heavy (non-hydrogen) atoms. The number of ether oxygens (including phenoxy) is 1. The van der Waals surface area contributed by atoms with Crippen molar-refractivity contribution in [2.75, 3.05) is 13.1 Å². The largest absolute Gasteiger partial charge is 0.470 e. The zero-order valence-corrected chi connectivity index (χ0v) is 13.0. The molecule has 3 aromatic rings. The van der Waals surface area contributed by atoms with Crippen LogP contribution in [-0.4, -0.2) is 40.0 Å². The number of pyridine rings is 1. The van der Waals surface area contributed by atoms with Gasteiger partial charge in [-0.2, -0.15) is 0 Å². The first-order valence-corrected chi connectivity index (χ1v) is 7.73. The van der Waals surface area contributed by atoms with Gasteiger partial charge in [0.05, 0.1) is 13.1 Å². The summed E-state index contributed by atoms with van der Waals surface area (Å²) in [6.07, 6.45) is 1.56. The molecule has 0 radical (unpaired) electrons. The van der Waals surface area contributed by atoms with Gasteiger partial charge in [0.2, 0.25) is 5.88 Å². The molecule has 1 aromatic carbocycles. The van der Waals surface area contributed by atoms with Crippen LogP contribution >= 0.6 is 11.6 Å². The summed E-state index contributed by atoms with van der Waals surface area (Å²) in [5, 5.41) is 1.51. The van der Waals surface area contributed by atoms with Gasteiger partial charge in [0.1, 0.15) is 16.8 Å². The zero-order chi connectivity index (χ0) is 15.8. The van der Waals surface area contributed by atoms with Crippen molar-refractivity contribution in [2.45, 2.75) is 6.10 Å². The Balaban J connectivity index is 1.41. The number of fused-ring (bicyclic) bond motifs is 1. The number of amides is 1. The molecule has 0 saturated carbocycles. The van der Waals surface area contributed by atoms with Crippen LogP contribution in [0.25, 0.3) is 10.9 Å². The van der Waals surface area contributed by atoms with Crippen LogP contribution in [0.15, 0.2) is 48.7 Å². The summed E-state index contributed by atoms with van der Waals surface area (Å²) in [6.45, 7) is 1.06. The van der Waals surface area contributed by atoms with E-state index in [0.717, 1.165) is 10.9 Å². The fraction of sp³-hybridized carbons (Fsp3) is 0.176. The van der Waals surface area contributed by atoms with Crippen LogP contribution in [0.1, 0.15) is 10.5 Å². The van der Waals surface area contributed by atoms with Gasteiger partial charge in [0.15, 0.2) is 0 Å². The Morgan fingerprint density at radius 3 is 2.87 bits per heavy atom. The summed E-state index contributed by atoms with van der Waals surface area (Å²) in [6, 6.07) is 13.2. The predicted molar refractivity (Wildman–Crippen MR) is 87.9 cm³/mol. The lowest BCUT2D eigenvalue weighted by Crippen LogP contribution is -2.56. The van der Waals surface area contributed by atoms with E-state index in [9.17, 15) is 4.79 Å². The molecule has 1 aliphatic rings. The van der Waals surface area contributed by atoms with Gasteiger partial charge in [-0.25, -0.2) is 4.98 Å². The van der Waals surface area contributed by atoms with Crippen LogP contribution in [0.4, 0.5) is 0 Å². The molecule has 1 N–H and O–H groups in total. The third-order valence-corrected chi connectivity index (χ3v) is 4.19. The van der Waals surface area contributed by atoms with Crippen molar-refractivity contribution in [3.8, 4) is 5.88 Å². The second-order valence-electron chi connectivity index (χ2n) is 5.51. The molecular weight excluding hydrogens is 314 g/mol. The highest BCUT2D eigenvalue weighted by atomic mass is 35.5. The first-order chi connectivity index (χ1) is 11.2. The molecule has 1 saturated heterocycles. The Hall–Kier alpha value is -2.53. The minimum Gasteiger partial charge on any atom is -0.470 e. The van der Waals surface area contributed by atoms with E-state index in [2.05, 4.69) is 9.97 Å². The first-order valence-electron chi connectivity index (χ1n) is 7.35. The number of nitrogens with zero attached hydrogens (tertiary/aromatic N) is 2. The Bertz CT molecular complexity index is 838. The van der Waals surface area contributed by atoms with Crippen LogP contribution in [0, 0.1) is 0 Å². The van der Waals surface area contributed by atoms with Gasteiger partial charge in [-0.1, -0.05) is 29.8 Å². The lowest BCUT2D eigenvalue weighted by molar-refractivity contribution is 0.0157. The molecular formula is C17H14ClN3O2.